The van der Waals surface area contributed by atoms with Crippen molar-refractivity contribution in [2.45, 2.75) is 70.8 Å². The second kappa shape index (κ2) is 10.5. The van der Waals surface area contributed by atoms with Gasteiger partial charge in [-0.15, -0.1) is 0 Å². The molecular weight excluding hydrogens is 497 g/mol. The van der Waals surface area contributed by atoms with Crippen LogP contribution in [0.3, 0.4) is 0 Å². The Morgan fingerprint density at radius 3 is 2.61 bits per heavy atom. The van der Waals surface area contributed by atoms with E-state index in [0.29, 0.717) is 31.9 Å². The van der Waals surface area contributed by atoms with Crippen molar-refractivity contribution >= 4 is 5.91 Å². The van der Waals surface area contributed by atoms with Crippen LogP contribution in [0.5, 0.6) is 5.75 Å². The second-order valence-corrected chi connectivity index (χ2v) is 10.7. The van der Waals surface area contributed by atoms with Gasteiger partial charge in [-0.2, -0.15) is 18.3 Å². The highest BCUT2D eigenvalue weighted by Gasteiger charge is 2.46. The van der Waals surface area contributed by atoms with Crippen molar-refractivity contribution in [2.75, 3.05) is 40.0 Å². The molecule has 2 saturated heterocycles. The average Bonchev–Trinajstić information content (AvgIpc) is 3.57. The molecule has 0 radical (unpaired) electrons. The van der Waals surface area contributed by atoms with Crippen molar-refractivity contribution in [2.24, 2.45) is 5.92 Å². The first-order chi connectivity index (χ1) is 18.2. The lowest BCUT2D eigenvalue weighted by atomic mass is 9.94. The second-order valence-electron chi connectivity index (χ2n) is 10.7. The summed E-state index contributed by atoms with van der Waals surface area (Å²) in [7, 11) is 1.61. The zero-order valence-corrected chi connectivity index (χ0v) is 22.6. The van der Waals surface area contributed by atoms with Gasteiger partial charge in [0.15, 0.2) is 0 Å². The number of aromatic nitrogens is 2. The summed E-state index contributed by atoms with van der Waals surface area (Å²) in [6, 6.07) is 5.54. The van der Waals surface area contributed by atoms with Gasteiger partial charge < -0.3 is 14.4 Å². The molecule has 1 amide bonds. The van der Waals surface area contributed by atoms with E-state index in [2.05, 4.69) is 10.00 Å². The maximum atomic E-state index is 14.3. The van der Waals surface area contributed by atoms with Crippen molar-refractivity contribution in [3.63, 3.8) is 0 Å². The molecule has 2 fully saturated rings. The number of hydrogen-bond acceptors (Lipinski definition) is 5. The molecule has 0 bridgehead atoms. The van der Waals surface area contributed by atoms with E-state index in [1.807, 2.05) is 39.0 Å². The SMILES string of the molecule is CC[C@@H]1Cc2c(nn(CC(=O)N3CC[C@@H](N4CCOCC4)[C@H]3c3cccc(OC)c3C)c2C(F)(F)F)[C@@H]1C. The van der Waals surface area contributed by atoms with E-state index in [0.717, 1.165) is 47.5 Å². The van der Waals surface area contributed by atoms with Gasteiger partial charge >= 0.3 is 6.18 Å². The van der Waals surface area contributed by atoms with Crippen LogP contribution >= 0.6 is 0 Å². The number of likely N-dealkylation sites (tertiary alicyclic amines) is 1. The van der Waals surface area contributed by atoms with Gasteiger partial charge in [0.2, 0.25) is 5.91 Å². The van der Waals surface area contributed by atoms with Gasteiger partial charge in [-0.1, -0.05) is 32.4 Å². The Kier molecular flexibility index (Phi) is 7.48. The highest BCUT2D eigenvalue weighted by Crippen LogP contribution is 2.45. The zero-order chi connectivity index (χ0) is 27.2. The summed E-state index contributed by atoms with van der Waals surface area (Å²) < 4.78 is 54.9. The predicted octanol–water partition coefficient (Wildman–Crippen LogP) is 4.58. The summed E-state index contributed by atoms with van der Waals surface area (Å²) in [4.78, 5) is 17.9. The first-order valence-corrected chi connectivity index (χ1v) is 13.6. The van der Waals surface area contributed by atoms with Crippen molar-refractivity contribution in [1.82, 2.24) is 19.6 Å². The van der Waals surface area contributed by atoms with Crippen LogP contribution in [0, 0.1) is 12.8 Å². The fourth-order valence-corrected chi connectivity index (χ4v) is 6.79. The standard InChI is InChI=1S/C28H37F3N4O3/c1-5-19-15-21-25(17(19)2)32-35(27(21)28(29,30)31)16-24(36)34-10-9-22(33-11-13-38-14-12-33)26(34)20-7-6-8-23(37-4)18(20)3/h6-8,17,19,22,26H,5,9-16H2,1-4H3/t17-,19-,22-,26-/m1/s1. The summed E-state index contributed by atoms with van der Waals surface area (Å²) in [6.07, 6.45) is -2.69. The molecule has 3 aliphatic rings. The molecule has 4 atom stereocenters. The van der Waals surface area contributed by atoms with Gasteiger partial charge in [-0.25, -0.2) is 0 Å². The molecule has 208 valence electrons. The van der Waals surface area contributed by atoms with Gasteiger partial charge in [0.25, 0.3) is 0 Å². The number of hydrogen-bond donors (Lipinski definition) is 0. The van der Waals surface area contributed by atoms with Gasteiger partial charge in [0, 0.05) is 37.2 Å². The number of halogens is 3. The third-order valence-electron chi connectivity index (χ3n) is 8.83. The molecule has 2 aliphatic heterocycles. The van der Waals surface area contributed by atoms with Crippen molar-refractivity contribution in [3.8, 4) is 5.75 Å². The smallest absolute Gasteiger partial charge is 0.433 e. The third-order valence-corrected chi connectivity index (χ3v) is 8.83. The van der Waals surface area contributed by atoms with Crippen LogP contribution in [0.15, 0.2) is 18.2 Å². The summed E-state index contributed by atoms with van der Waals surface area (Å²) in [5.41, 5.74) is 1.89. The van der Waals surface area contributed by atoms with E-state index in [1.165, 1.54) is 0 Å². The summed E-state index contributed by atoms with van der Waals surface area (Å²) in [6.45, 7) is 8.71. The number of fused-ring (bicyclic) bond motifs is 1. The first-order valence-electron chi connectivity index (χ1n) is 13.6. The number of ether oxygens (including phenoxy) is 2. The largest absolute Gasteiger partial charge is 0.496 e. The van der Waals surface area contributed by atoms with Crippen molar-refractivity contribution in [1.29, 1.82) is 0 Å². The molecule has 5 rings (SSSR count). The minimum Gasteiger partial charge on any atom is -0.496 e. The van der Waals surface area contributed by atoms with Crippen LogP contribution in [-0.4, -0.2) is 71.5 Å². The average molecular weight is 535 g/mol. The van der Waals surface area contributed by atoms with E-state index < -0.39 is 18.4 Å². The highest BCUT2D eigenvalue weighted by molar-refractivity contribution is 5.77. The van der Waals surface area contributed by atoms with Crippen LogP contribution in [0.25, 0.3) is 0 Å². The quantitative estimate of drug-likeness (QED) is 0.543. The molecule has 0 unspecified atom stereocenters. The summed E-state index contributed by atoms with van der Waals surface area (Å²) in [5.74, 6) is 0.466. The first kappa shape index (κ1) is 27.0. The van der Waals surface area contributed by atoms with Gasteiger partial charge in [0.05, 0.1) is 32.1 Å². The zero-order valence-electron chi connectivity index (χ0n) is 22.6. The van der Waals surface area contributed by atoms with Crippen molar-refractivity contribution < 1.29 is 27.4 Å². The Balaban J connectivity index is 1.49. The molecule has 0 spiro atoms. The Morgan fingerprint density at radius 2 is 1.95 bits per heavy atom. The number of alkyl halides is 3. The molecule has 2 aromatic rings. The number of morpholine rings is 1. The maximum absolute atomic E-state index is 14.3. The fourth-order valence-electron chi connectivity index (χ4n) is 6.79. The number of nitrogens with zero attached hydrogens (tertiary/aromatic N) is 4. The van der Waals surface area contributed by atoms with Crippen molar-refractivity contribution in [3.05, 3.63) is 46.3 Å². The molecule has 1 aromatic heterocycles. The minimum atomic E-state index is -4.58. The van der Waals surface area contributed by atoms with Crippen LogP contribution in [-0.2, 0) is 28.7 Å². The van der Waals surface area contributed by atoms with Gasteiger partial charge in [0.1, 0.15) is 18.0 Å². The number of carbonyl (C=O) groups is 1. The van der Waals surface area contributed by atoms with Gasteiger partial charge in [-0.05, 0) is 42.9 Å². The van der Waals surface area contributed by atoms with E-state index in [4.69, 9.17) is 9.47 Å². The van der Waals surface area contributed by atoms with Crippen LogP contribution < -0.4 is 4.74 Å². The summed E-state index contributed by atoms with van der Waals surface area (Å²) in [5, 5.41) is 4.40. The van der Waals surface area contributed by atoms with E-state index in [9.17, 15) is 18.0 Å². The monoisotopic (exact) mass is 534 g/mol. The lowest BCUT2D eigenvalue weighted by Crippen LogP contribution is -2.47. The maximum Gasteiger partial charge on any atom is 0.433 e. The fraction of sp³-hybridized carbons (Fsp3) is 0.643. The molecule has 7 nitrogen and oxygen atoms in total. The molecule has 10 heteroatoms. The molecule has 1 aromatic carbocycles. The molecule has 0 N–H and O–H groups in total. The lowest BCUT2D eigenvalue weighted by molar-refractivity contribution is -0.146. The predicted molar refractivity (Wildman–Crippen MR) is 136 cm³/mol. The van der Waals surface area contributed by atoms with E-state index in [1.54, 1.807) is 12.0 Å². The summed E-state index contributed by atoms with van der Waals surface area (Å²) >= 11 is 0. The highest BCUT2D eigenvalue weighted by atomic mass is 19.4. The van der Waals surface area contributed by atoms with Gasteiger partial charge in [-0.3, -0.25) is 14.4 Å². The molecule has 1 aliphatic carbocycles. The Bertz CT molecular complexity index is 1170. The number of amides is 1. The normalized spacial score (nSPS) is 26.1. The number of benzene rings is 1. The molecule has 0 saturated carbocycles. The Labute approximate surface area is 221 Å². The number of carbonyl (C=O) groups excluding carboxylic acids is 1. The lowest BCUT2D eigenvalue weighted by Gasteiger charge is -2.38. The molecule has 38 heavy (non-hydrogen) atoms. The number of methoxy groups -OCH3 is 1. The van der Waals surface area contributed by atoms with E-state index in [-0.39, 0.29) is 35.4 Å². The van der Waals surface area contributed by atoms with E-state index >= 15 is 0 Å². The van der Waals surface area contributed by atoms with Crippen LogP contribution in [0.4, 0.5) is 13.2 Å². The molecule has 3 heterocycles. The Morgan fingerprint density at radius 1 is 1.21 bits per heavy atom. The Hall–Kier alpha value is -2.59. The topological polar surface area (TPSA) is 59.8 Å². The number of rotatable bonds is 6. The third kappa shape index (κ3) is 4.70. The van der Waals surface area contributed by atoms with Crippen LogP contribution in [0.2, 0.25) is 0 Å². The minimum absolute atomic E-state index is 0.0451. The van der Waals surface area contributed by atoms with Crippen LogP contribution in [0.1, 0.15) is 66.7 Å². The molecular formula is C28H37F3N4O3.